The molecule has 19 atom stereocenters. The summed E-state index contributed by atoms with van der Waals surface area (Å²) in [5.74, 6) is -1.46. The third-order valence-electron chi connectivity index (χ3n) is 18.7. The zero-order chi connectivity index (χ0) is 61.2. The van der Waals surface area contributed by atoms with Gasteiger partial charge in [0.15, 0.2) is 5.79 Å². The highest BCUT2D eigenvalue weighted by Crippen LogP contribution is 2.55. The van der Waals surface area contributed by atoms with Gasteiger partial charge in [-0.1, -0.05) is 58.9 Å². The number of anilines is 1. The maximum absolute atomic E-state index is 14.5. The van der Waals surface area contributed by atoms with Crippen LogP contribution in [0.4, 0.5) is 10.5 Å². The third-order valence-corrected chi connectivity index (χ3v) is 21.3. The number of ketones is 1. The smallest absolute Gasteiger partial charge is 0.414 e. The molecule has 10 saturated heterocycles. The fourth-order valence-electron chi connectivity index (χ4n) is 14.3. The van der Waals surface area contributed by atoms with Gasteiger partial charge < -0.3 is 71.4 Å². The van der Waals surface area contributed by atoms with Gasteiger partial charge in [0.05, 0.1) is 118 Å². The van der Waals surface area contributed by atoms with Gasteiger partial charge in [-0.3, -0.25) is 14.5 Å². The minimum Gasteiger partial charge on any atom is -0.461 e. The molecule has 11 rings (SSSR count). The normalized spacial score (nSPS) is 35.9. The first-order valence-corrected chi connectivity index (χ1v) is 34.1. The van der Waals surface area contributed by atoms with Crippen LogP contribution < -0.4 is 4.90 Å². The topological polar surface area (TPSA) is 253 Å². The second-order valence-corrected chi connectivity index (χ2v) is 28.7. The fraction of sp³-hybridized carbons (Fsp3) is 0.794. The number of aliphatic hydroxyl groups is 1. The van der Waals surface area contributed by atoms with Gasteiger partial charge in [-0.15, -0.1) is 0 Å². The van der Waals surface area contributed by atoms with Crippen LogP contribution in [-0.4, -0.2) is 204 Å². The van der Waals surface area contributed by atoms with E-state index in [2.05, 4.69) is 30.1 Å². The Morgan fingerprint density at radius 3 is 2.30 bits per heavy atom. The van der Waals surface area contributed by atoms with Crippen molar-refractivity contribution in [3.05, 3.63) is 64.6 Å². The number of ether oxygens (including phenoxy) is 14. The highest BCUT2D eigenvalue weighted by molar-refractivity contribution is 8.77. The lowest BCUT2D eigenvalue weighted by molar-refractivity contribution is -0.292. The second kappa shape index (κ2) is 30.8. The van der Waals surface area contributed by atoms with Gasteiger partial charge in [0.2, 0.25) is 0 Å². The van der Waals surface area contributed by atoms with Gasteiger partial charge in [0.1, 0.15) is 49.5 Å². The van der Waals surface area contributed by atoms with Crippen LogP contribution in [0.1, 0.15) is 123 Å². The van der Waals surface area contributed by atoms with Crippen molar-refractivity contribution in [1.82, 2.24) is 0 Å². The molecule has 87 heavy (non-hydrogen) atoms. The van der Waals surface area contributed by atoms with E-state index in [1.54, 1.807) is 53.0 Å². The lowest BCUT2D eigenvalue weighted by Gasteiger charge is -2.47. The Hall–Kier alpha value is -3.40. The Morgan fingerprint density at radius 2 is 1.53 bits per heavy atom. The van der Waals surface area contributed by atoms with Gasteiger partial charge >= 0.3 is 12.1 Å². The summed E-state index contributed by atoms with van der Waals surface area (Å²) in [7, 11) is 4.84. The number of nitrogens with zero attached hydrogens (tertiary/aromatic N) is 4. The number of azide groups is 1. The largest absolute Gasteiger partial charge is 0.461 e. The van der Waals surface area contributed by atoms with Gasteiger partial charge in [-0.05, 0) is 112 Å². The summed E-state index contributed by atoms with van der Waals surface area (Å²) in [5, 5.41) is 15.0. The van der Waals surface area contributed by atoms with Crippen LogP contribution in [0.3, 0.4) is 0 Å². The van der Waals surface area contributed by atoms with Gasteiger partial charge in [-0.25, -0.2) is 4.79 Å². The van der Waals surface area contributed by atoms with E-state index >= 15 is 0 Å². The number of amides is 1. The number of hydrogen-bond donors (Lipinski definition) is 1. The lowest BCUT2D eigenvalue weighted by atomic mass is 9.81. The number of rotatable bonds is 25. The summed E-state index contributed by atoms with van der Waals surface area (Å²) in [4.78, 5) is 45.6. The van der Waals surface area contributed by atoms with E-state index in [9.17, 15) is 19.5 Å². The Morgan fingerprint density at radius 1 is 0.816 bits per heavy atom. The molecule has 0 radical (unpaired) electrons. The number of esters is 1. The molecule has 1 aromatic carbocycles. The Balaban J connectivity index is 0.744. The molecule has 10 aliphatic rings. The van der Waals surface area contributed by atoms with Crippen molar-refractivity contribution in [2.75, 3.05) is 77.6 Å². The Kier molecular flexibility index (Phi) is 23.6. The first kappa shape index (κ1) is 66.5. The molecular weight excluding hydrogens is 1160 g/mol. The first-order valence-electron chi connectivity index (χ1n) is 31.5. The quantitative estimate of drug-likeness (QED) is 0.0182. The molecule has 1 N–H and O–H groups in total. The minimum atomic E-state index is -0.946. The summed E-state index contributed by atoms with van der Waals surface area (Å²) in [6.07, 6.45) is 3.91. The van der Waals surface area contributed by atoms with Crippen LogP contribution in [0.5, 0.6) is 0 Å². The van der Waals surface area contributed by atoms with E-state index in [0.29, 0.717) is 70.0 Å². The molecule has 1 amide bonds. The lowest BCUT2D eigenvalue weighted by Crippen LogP contribution is -2.61. The number of carbonyl (C=O) groups is 3. The molecule has 0 saturated carbocycles. The minimum absolute atomic E-state index is 0.00429. The number of methoxy groups -OCH3 is 1. The maximum Gasteiger partial charge on any atom is 0.414 e. The predicted octanol–water partition coefficient (Wildman–Crippen LogP) is 9.10. The number of fused-ring (bicyclic) bond motifs is 6. The second-order valence-electron chi connectivity index (χ2n) is 25.6. The SMILES string of the molecule is C=C1CC2CC[C@@]34CC5O[C@H]6[C@@H](O3)[C@H]3OC(CC[C@@H]3O[C@H]6C5O4)CC(=O)C[C@@H]3[C@@H](OC)[C@@H](C[C@H](O)CCC(=O)OCc4ccc(N(CCOCCOCCOCCN=[N+]=[N-])C(=O)OCC(C)(C)SSC)cc4)O[C@H]3C[C@H]3OC(CC[C@@H]1O2)C[C@@H](C)C3=C. The van der Waals surface area contributed by atoms with Crippen molar-refractivity contribution >= 4 is 45.1 Å². The van der Waals surface area contributed by atoms with Crippen molar-refractivity contribution in [2.45, 2.75) is 232 Å². The van der Waals surface area contributed by atoms with E-state index in [1.807, 2.05) is 20.1 Å². The van der Waals surface area contributed by atoms with E-state index in [-0.39, 0.29) is 148 Å². The number of benzene rings is 1. The molecule has 0 aromatic heterocycles. The van der Waals surface area contributed by atoms with Crippen molar-refractivity contribution < 1.29 is 85.8 Å². The summed E-state index contributed by atoms with van der Waals surface area (Å²) < 4.78 is 88.8. The Labute approximate surface area is 519 Å². The van der Waals surface area contributed by atoms with Gasteiger partial charge in [0.25, 0.3) is 0 Å². The average molecular weight is 1260 g/mol. The summed E-state index contributed by atoms with van der Waals surface area (Å²) in [5.41, 5.74) is 11.7. The van der Waals surface area contributed by atoms with E-state index < -0.39 is 54.5 Å². The molecule has 10 heterocycles. The van der Waals surface area contributed by atoms with Crippen LogP contribution in [0.15, 0.2) is 53.7 Å². The van der Waals surface area contributed by atoms with Gasteiger partial charge in [-0.2, -0.15) is 0 Å². The van der Waals surface area contributed by atoms with Crippen molar-refractivity contribution in [3.8, 4) is 0 Å². The third kappa shape index (κ3) is 17.0. The maximum atomic E-state index is 14.5. The van der Waals surface area contributed by atoms with Crippen LogP contribution in [0.2, 0.25) is 0 Å². The molecule has 1 aromatic rings. The molecule has 24 heteroatoms. The van der Waals surface area contributed by atoms with Crippen molar-refractivity contribution in [2.24, 2.45) is 17.0 Å². The molecule has 22 nitrogen and oxygen atoms in total. The zero-order valence-electron chi connectivity index (χ0n) is 51.3. The summed E-state index contributed by atoms with van der Waals surface area (Å²) in [6, 6.07) is 7.11. The van der Waals surface area contributed by atoms with E-state index in [1.165, 1.54) is 4.90 Å². The number of carbonyl (C=O) groups excluding carboxylic acids is 3. The highest BCUT2D eigenvalue weighted by atomic mass is 33.1. The molecular formula is C63H92N4O18S2. The molecule has 484 valence electrons. The molecule has 0 aliphatic carbocycles. The predicted molar refractivity (Wildman–Crippen MR) is 323 cm³/mol. The molecule has 5 unspecified atom stereocenters. The van der Waals surface area contributed by atoms with Crippen molar-refractivity contribution in [1.29, 1.82) is 0 Å². The monoisotopic (exact) mass is 1260 g/mol. The number of Topliss-reactive ketones (excluding diaryl/α,β-unsaturated/α-hetero) is 1. The Bertz CT molecular complexity index is 2550. The van der Waals surface area contributed by atoms with Crippen LogP contribution >= 0.6 is 21.6 Å². The van der Waals surface area contributed by atoms with Crippen molar-refractivity contribution in [3.63, 3.8) is 0 Å². The molecule has 1 spiro atoms. The molecule has 10 fully saturated rings. The molecule has 12 bridgehead atoms. The summed E-state index contributed by atoms with van der Waals surface area (Å²) >= 11 is 0. The zero-order valence-corrected chi connectivity index (χ0v) is 52.9. The standard InChI is InChI=1S/C63H92N4O18S2/c1-37-28-44-13-15-48-38(2)29-46(78-48)18-19-63-34-53-57(84-63)58-59(83-53)60(85-63)56-49(82-58)16-14-45(80-56)30-43(69)31-47-51(33-50(79-44)39(37)3)81-52(55(47)72-6)32-42(68)12-17-54(70)76-35-40-8-10-41(11-9-40)67(61(71)77-36-62(4,5)87-86-7)21-23-74-25-27-75-26-24-73-22-20-65-66-64/h8-11,37,42,44-53,55-60,68H,2-3,12-36H2,1,4-7H3/t37-,42-,44?,45?,46?,47+,48+,49+,50-,51+,52-,53?,55-,56+,57?,58+,59-,60+,63+/m1/s1. The average Bonchev–Trinajstić information content (AvgIpc) is 1.60. The number of aliphatic hydroxyl groups excluding tert-OH is 1. The van der Waals surface area contributed by atoms with E-state index in [4.69, 9.17) is 71.8 Å². The van der Waals surface area contributed by atoms with Crippen LogP contribution in [0.25, 0.3) is 10.4 Å². The van der Waals surface area contributed by atoms with Gasteiger partial charge in [0, 0.05) is 75.1 Å². The van der Waals surface area contributed by atoms with E-state index in [0.717, 1.165) is 49.7 Å². The molecule has 10 aliphatic heterocycles. The summed E-state index contributed by atoms with van der Waals surface area (Å²) in [6.45, 7) is 17.8. The fourth-order valence-corrected chi connectivity index (χ4v) is 16.4. The van der Waals surface area contributed by atoms with Crippen LogP contribution in [0, 0.1) is 11.8 Å². The highest BCUT2D eigenvalue weighted by Gasteiger charge is 2.69. The van der Waals surface area contributed by atoms with Crippen LogP contribution in [-0.2, 0) is 82.5 Å². The first-order chi connectivity index (χ1) is 42.0. The number of hydrogen-bond acceptors (Lipinski definition) is 21.